The highest BCUT2D eigenvalue weighted by Crippen LogP contribution is 2.12. The Morgan fingerprint density at radius 1 is 1.57 bits per heavy atom. The average Bonchev–Trinajstić information content (AvgIpc) is 2.15. The highest BCUT2D eigenvalue weighted by molar-refractivity contribution is 7.90. The zero-order valence-electron chi connectivity index (χ0n) is 7.98. The molecule has 0 aromatic carbocycles. The van der Waals surface area contributed by atoms with E-state index in [1.54, 1.807) is 0 Å². The summed E-state index contributed by atoms with van der Waals surface area (Å²) in [5.74, 6) is 5.55. The fourth-order valence-electron chi connectivity index (χ4n) is 0.953. The van der Waals surface area contributed by atoms with Crippen molar-refractivity contribution in [3.8, 4) is 0 Å². The molecule has 3 N–H and O–H groups in total. The van der Waals surface area contributed by atoms with Crippen molar-refractivity contribution in [1.82, 2.24) is 9.97 Å². The second kappa shape index (κ2) is 3.89. The van der Waals surface area contributed by atoms with Crippen molar-refractivity contribution in [1.29, 1.82) is 0 Å². The number of aryl methyl sites for hydroxylation is 1. The summed E-state index contributed by atoms with van der Waals surface area (Å²) < 4.78 is 22.2. The predicted molar refractivity (Wildman–Crippen MR) is 52.3 cm³/mol. The van der Waals surface area contributed by atoms with Gasteiger partial charge >= 0.3 is 0 Å². The number of rotatable bonds is 3. The monoisotopic (exact) mass is 216 g/mol. The largest absolute Gasteiger partial charge is 0.308 e. The van der Waals surface area contributed by atoms with Crippen LogP contribution in [0.25, 0.3) is 0 Å². The quantitative estimate of drug-likeness (QED) is 0.410. The molecule has 0 radical (unpaired) electrons. The van der Waals surface area contributed by atoms with Gasteiger partial charge in [0, 0.05) is 18.0 Å². The SMILES string of the molecule is CCc1cnc(S(C)(=O)=O)nc1NN. The first-order chi connectivity index (χ1) is 6.49. The second-order valence-corrected chi connectivity index (χ2v) is 4.71. The second-order valence-electron chi connectivity index (χ2n) is 2.80. The fraction of sp³-hybridized carbons (Fsp3) is 0.429. The normalized spacial score (nSPS) is 11.4. The smallest absolute Gasteiger partial charge is 0.248 e. The Kier molecular flexibility index (Phi) is 3.02. The predicted octanol–water partition coefficient (Wildman–Crippen LogP) is -0.272. The lowest BCUT2D eigenvalue weighted by molar-refractivity contribution is 0.593. The summed E-state index contributed by atoms with van der Waals surface area (Å²) in [6, 6.07) is 0. The number of hydrogen-bond donors (Lipinski definition) is 2. The van der Waals surface area contributed by atoms with Crippen molar-refractivity contribution in [3.05, 3.63) is 11.8 Å². The summed E-state index contributed by atoms with van der Waals surface area (Å²) in [4.78, 5) is 7.53. The fourth-order valence-corrected chi connectivity index (χ4v) is 1.45. The van der Waals surface area contributed by atoms with Crippen LogP contribution in [0.2, 0.25) is 0 Å². The third kappa shape index (κ3) is 2.18. The number of hydrogen-bond acceptors (Lipinski definition) is 6. The maximum Gasteiger partial charge on any atom is 0.248 e. The lowest BCUT2D eigenvalue weighted by atomic mass is 10.2. The molecule has 0 bridgehead atoms. The highest BCUT2D eigenvalue weighted by atomic mass is 32.2. The van der Waals surface area contributed by atoms with Crippen LogP contribution >= 0.6 is 0 Å². The van der Waals surface area contributed by atoms with Crippen LogP contribution in [-0.2, 0) is 16.3 Å². The molecule has 1 rings (SSSR count). The van der Waals surface area contributed by atoms with Gasteiger partial charge in [-0.3, -0.25) is 0 Å². The number of aromatic nitrogens is 2. The van der Waals surface area contributed by atoms with Gasteiger partial charge in [0.2, 0.25) is 15.0 Å². The zero-order chi connectivity index (χ0) is 10.8. The van der Waals surface area contributed by atoms with Gasteiger partial charge in [-0.1, -0.05) is 6.92 Å². The van der Waals surface area contributed by atoms with Gasteiger partial charge in [-0.2, -0.15) is 4.98 Å². The van der Waals surface area contributed by atoms with Crippen LogP contribution in [0.3, 0.4) is 0 Å². The summed E-state index contributed by atoms with van der Waals surface area (Å²) in [6.45, 7) is 1.90. The Balaban J connectivity index is 3.28. The van der Waals surface area contributed by atoms with Gasteiger partial charge in [0.05, 0.1) is 0 Å². The number of nitrogens with zero attached hydrogens (tertiary/aromatic N) is 2. The number of nitrogens with two attached hydrogens (primary N) is 1. The molecule has 1 aromatic heterocycles. The first-order valence-electron chi connectivity index (χ1n) is 4.01. The third-order valence-electron chi connectivity index (χ3n) is 1.69. The van der Waals surface area contributed by atoms with E-state index in [0.717, 1.165) is 11.8 Å². The molecule has 78 valence electrons. The van der Waals surface area contributed by atoms with Crippen molar-refractivity contribution in [2.24, 2.45) is 5.84 Å². The molecule has 0 saturated heterocycles. The van der Waals surface area contributed by atoms with E-state index in [9.17, 15) is 8.42 Å². The lowest BCUT2D eigenvalue weighted by Gasteiger charge is -2.06. The molecule has 7 heteroatoms. The average molecular weight is 216 g/mol. The van der Waals surface area contributed by atoms with Gasteiger partial charge in [-0.15, -0.1) is 0 Å². The molecule has 1 aromatic rings. The topological polar surface area (TPSA) is 98.0 Å². The maximum absolute atomic E-state index is 11.1. The Labute approximate surface area is 82.5 Å². The van der Waals surface area contributed by atoms with Crippen molar-refractivity contribution < 1.29 is 8.42 Å². The number of anilines is 1. The van der Waals surface area contributed by atoms with Crippen molar-refractivity contribution in [2.75, 3.05) is 11.7 Å². The molecule has 0 saturated carbocycles. The summed E-state index contributed by atoms with van der Waals surface area (Å²) >= 11 is 0. The summed E-state index contributed by atoms with van der Waals surface area (Å²) in [5, 5.41) is -0.220. The third-order valence-corrected chi connectivity index (χ3v) is 2.55. The minimum atomic E-state index is -3.38. The molecule has 1 heterocycles. The number of sulfone groups is 1. The number of nitrogens with one attached hydrogen (secondary N) is 1. The van der Waals surface area contributed by atoms with E-state index in [1.807, 2.05) is 6.92 Å². The van der Waals surface area contributed by atoms with Crippen molar-refractivity contribution >= 4 is 15.7 Å². The van der Waals surface area contributed by atoms with E-state index in [4.69, 9.17) is 5.84 Å². The first kappa shape index (κ1) is 10.9. The Morgan fingerprint density at radius 2 is 2.21 bits per heavy atom. The van der Waals surface area contributed by atoms with Gasteiger partial charge in [0.15, 0.2) is 0 Å². The molecule has 0 aliphatic heterocycles. The van der Waals surface area contributed by atoms with E-state index in [-0.39, 0.29) is 5.16 Å². The summed E-state index contributed by atoms with van der Waals surface area (Å²) in [7, 11) is -3.38. The molecule has 0 atom stereocenters. The van der Waals surface area contributed by atoms with Gasteiger partial charge in [0.25, 0.3) is 0 Å². The van der Waals surface area contributed by atoms with Crippen molar-refractivity contribution in [2.45, 2.75) is 18.5 Å². The van der Waals surface area contributed by atoms with Crippen LogP contribution in [0.5, 0.6) is 0 Å². The summed E-state index contributed by atoms with van der Waals surface area (Å²) in [6.07, 6.45) is 3.19. The van der Waals surface area contributed by atoms with E-state index >= 15 is 0 Å². The van der Waals surface area contributed by atoms with Gasteiger partial charge in [-0.05, 0) is 6.42 Å². The van der Waals surface area contributed by atoms with E-state index in [0.29, 0.717) is 12.2 Å². The minimum absolute atomic E-state index is 0.220. The van der Waals surface area contributed by atoms with Crippen LogP contribution in [0.15, 0.2) is 11.4 Å². The van der Waals surface area contributed by atoms with Crippen molar-refractivity contribution in [3.63, 3.8) is 0 Å². The molecule has 0 spiro atoms. The van der Waals surface area contributed by atoms with E-state index < -0.39 is 9.84 Å². The maximum atomic E-state index is 11.1. The number of hydrazine groups is 1. The molecule has 6 nitrogen and oxygen atoms in total. The highest BCUT2D eigenvalue weighted by Gasteiger charge is 2.13. The van der Waals surface area contributed by atoms with Gasteiger partial charge < -0.3 is 5.43 Å². The zero-order valence-corrected chi connectivity index (χ0v) is 8.80. The first-order valence-corrected chi connectivity index (χ1v) is 5.90. The van der Waals surface area contributed by atoms with E-state index in [1.165, 1.54) is 6.20 Å². The molecular weight excluding hydrogens is 204 g/mol. The summed E-state index contributed by atoms with van der Waals surface area (Å²) in [5.41, 5.74) is 3.12. The molecule has 0 aliphatic carbocycles. The van der Waals surface area contributed by atoms with Crippen LogP contribution < -0.4 is 11.3 Å². The Bertz CT molecular complexity index is 429. The minimum Gasteiger partial charge on any atom is -0.308 e. The van der Waals surface area contributed by atoms with Crippen LogP contribution in [0.1, 0.15) is 12.5 Å². The molecular formula is C7H12N4O2S. The molecule has 0 aliphatic rings. The Hall–Kier alpha value is -1.21. The van der Waals surface area contributed by atoms with E-state index in [2.05, 4.69) is 15.4 Å². The molecule has 0 fully saturated rings. The van der Waals surface area contributed by atoms with Crippen LogP contribution in [0, 0.1) is 0 Å². The molecule has 0 amide bonds. The number of nitrogen functional groups attached to an aromatic ring is 1. The van der Waals surface area contributed by atoms with Crippen LogP contribution in [0.4, 0.5) is 5.82 Å². The molecule has 0 unspecified atom stereocenters. The molecule has 14 heavy (non-hydrogen) atoms. The standard InChI is InChI=1S/C7H12N4O2S/c1-3-5-4-9-7(14(2,12)13)10-6(5)11-8/h4H,3,8H2,1-2H3,(H,9,10,11). The van der Waals surface area contributed by atoms with Gasteiger partial charge in [-0.25, -0.2) is 19.2 Å². The lowest BCUT2D eigenvalue weighted by Crippen LogP contribution is -2.14. The Morgan fingerprint density at radius 3 is 2.64 bits per heavy atom. The van der Waals surface area contributed by atoms with Crippen LogP contribution in [-0.4, -0.2) is 24.6 Å². The van der Waals surface area contributed by atoms with Gasteiger partial charge in [0.1, 0.15) is 5.82 Å².